The molecule has 4 heteroatoms. The van der Waals surface area contributed by atoms with Gasteiger partial charge in [0, 0.05) is 21.1 Å². The number of hydrogen-bond acceptors (Lipinski definition) is 4. The van der Waals surface area contributed by atoms with Gasteiger partial charge in [0.05, 0.1) is 23.3 Å². The lowest BCUT2D eigenvalue weighted by molar-refractivity contribution is 1.27. The predicted molar refractivity (Wildman–Crippen MR) is 51.7 cm³/mol. The van der Waals surface area contributed by atoms with E-state index in [1.54, 1.807) is 6.20 Å². The van der Waals surface area contributed by atoms with Crippen LogP contribution in [-0.4, -0.2) is 26.1 Å². The normalized spacial score (nSPS) is 9.25. The van der Waals surface area contributed by atoms with Crippen LogP contribution < -0.4 is 16.0 Å². The van der Waals surface area contributed by atoms with Gasteiger partial charge in [0.15, 0.2) is 0 Å². The van der Waals surface area contributed by atoms with Gasteiger partial charge >= 0.3 is 0 Å². The number of aromatic nitrogens is 1. The molecule has 3 N–H and O–H groups in total. The second-order valence-corrected chi connectivity index (χ2v) is 2.28. The van der Waals surface area contributed by atoms with Gasteiger partial charge in [0.25, 0.3) is 0 Å². The zero-order valence-corrected chi connectivity index (χ0v) is 7.52. The average molecular weight is 165 g/mol. The highest BCUT2D eigenvalue weighted by Crippen LogP contribution is 2.27. The molecule has 1 heterocycles. The molecule has 0 saturated heterocycles. The number of pyridine rings is 1. The topological polar surface area (TPSA) is 49.0 Å². The summed E-state index contributed by atoms with van der Waals surface area (Å²) < 4.78 is 0. The standard InChI is InChI=1S/C8H13N4/c1-9-6-4-12-5-7(10-2)8(6)11-3/h4,9-10H,1-3H3,(H,11,12). The summed E-state index contributed by atoms with van der Waals surface area (Å²) in [5.41, 5.74) is 2.81. The molecule has 65 valence electrons. The van der Waals surface area contributed by atoms with Crippen molar-refractivity contribution in [3.63, 3.8) is 0 Å². The van der Waals surface area contributed by atoms with E-state index in [1.165, 1.54) is 0 Å². The van der Waals surface area contributed by atoms with Crippen LogP contribution in [0.3, 0.4) is 0 Å². The largest absolute Gasteiger partial charge is 0.385 e. The summed E-state index contributed by atoms with van der Waals surface area (Å²) in [6, 6.07) is 0. The van der Waals surface area contributed by atoms with E-state index in [1.807, 2.05) is 21.1 Å². The van der Waals surface area contributed by atoms with Gasteiger partial charge in [-0.3, -0.25) is 4.98 Å². The third-order valence-corrected chi connectivity index (χ3v) is 1.66. The van der Waals surface area contributed by atoms with Crippen LogP contribution in [0.4, 0.5) is 17.1 Å². The first kappa shape index (κ1) is 8.64. The highest BCUT2D eigenvalue weighted by atomic mass is 15.0. The molecule has 1 aromatic rings. The lowest BCUT2D eigenvalue weighted by Crippen LogP contribution is -2.02. The van der Waals surface area contributed by atoms with Crippen molar-refractivity contribution in [2.24, 2.45) is 0 Å². The molecule has 4 nitrogen and oxygen atoms in total. The molecular formula is C8H13N4. The molecular weight excluding hydrogens is 152 g/mol. The monoisotopic (exact) mass is 165 g/mol. The number of nitrogens with one attached hydrogen (secondary N) is 3. The molecule has 0 saturated carbocycles. The minimum absolute atomic E-state index is 0.865. The Bertz CT molecular complexity index is 237. The summed E-state index contributed by atoms with van der Waals surface area (Å²) in [5, 5.41) is 9.11. The van der Waals surface area contributed by atoms with Crippen LogP contribution in [0.15, 0.2) is 6.20 Å². The van der Waals surface area contributed by atoms with Crippen molar-refractivity contribution in [3.05, 3.63) is 12.4 Å². The smallest absolute Gasteiger partial charge is 0.116 e. The second-order valence-electron chi connectivity index (χ2n) is 2.28. The van der Waals surface area contributed by atoms with E-state index in [9.17, 15) is 0 Å². The molecule has 0 aromatic carbocycles. The predicted octanol–water partition coefficient (Wildman–Crippen LogP) is 1.01. The Balaban J connectivity index is 3.13. The van der Waals surface area contributed by atoms with Crippen LogP contribution in [0.2, 0.25) is 0 Å². The summed E-state index contributed by atoms with van der Waals surface area (Å²) in [6.07, 6.45) is 4.58. The number of anilines is 3. The van der Waals surface area contributed by atoms with Crippen molar-refractivity contribution in [1.29, 1.82) is 0 Å². The van der Waals surface area contributed by atoms with Gasteiger partial charge in [-0.15, -0.1) is 0 Å². The van der Waals surface area contributed by atoms with Crippen molar-refractivity contribution in [3.8, 4) is 0 Å². The summed E-state index contributed by atoms with van der Waals surface area (Å²) >= 11 is 0. The summed E-state index contributed by atoms with van der Waals surface area (Å²) in [4.78, 5) is 3.94. The van der Waals surface area contributed by atoms with Crippen LogP contribution in [0.1, 0.15) is 0 Å². The molecule has 0 aliphatic carbocycles. The zero-order valence-electron chi connectivity index (χ0n) is 7.52. The van der Waals surface area contributed by atoms with E-state index in [4.69, 9.17) is 0 Å². The van der Waals surface area contributed by atoms with Gasteiger partial charge in [-0.2, -0.15) is 0 Å². The Kier molecular flexibility index (Phi) is 2.74. The fourth-order valence-electron chi connectivity index (χ4n) is 1.05. The Morgan fingerprint density at radius 3 is 2.42 bits per heavy atom. The van der Waals surface area contributed by atoms with Gasteiger partial charge < -0.3 is 16.0 Å². The van der Waals surface area contributed by atoms with Gasteiger partial charge in [-0.25, -0.2) is 0 Å². The van der Waals surface area contributed by atoms with E-state index in [-0.39, 0.29) is 0 Å². The van der Waals surface area contributed by atoms with Crippen molar-refractivity contribution in [2.75, 3.05) is 37.1 Å². The number of rotatable bonds is 3. The van der Waals surface area contributed by atoms with Gasteiger partial charge in [0.2, 0.25) is 0 Å². The Labute approximate surface area is 72.4 Å². The Morgan fingerprint density at radius 2 is 1.92 bits per heavy atom. The highest BCUT2D eigenvalue weighted by molar-refractivity contribution is 5.80. The maximum Gasteiger partial charge on any atom is 0.116 e. The van der Waals surface area contributed by atoms with Crippen molar-refractivity contribution in [1.82, 2.24) is 4.98 Å². The quantitative estimate of drug-likeness (QED) is 0.625. The molecule has 0 spiro atoms. The van der Waals surface area contributed by atoms with Gasteiger partial charge in [-0.1, -0.05) is 0 Å². The zero-order chi connectivity index (χ0) is 8.97. The summed E-state index contributed by atoms with van der Waals surface area (Å²) in [6.45, 7) is 0. The fraction of sp³-hybridized carbons (Fsp3) is 0.375. The molecule has 0 amide bonds. The summed E-state index contributed by atoms with van der Waals surface area (Å²) in [5.74, 6) is 0. The number of nitrogens with zero attached hydrogens (tertiary/aromatic N) is 1. The first-order valence-corrected chi connectivity index (χ1v) is 3.77. The van der Waals surface area contributed by atoms with Crippen molar-refractivity contribution >= 4 is 17.1 Å². The molecule has 0 aliphatic heterocycles. The van der Waals surface area contributed by atoms with Crippen molar-refractivity contribution < 1.29 is 0 Å². The molecule has 12 heavy (non-hydrogen) atoms. The maximum atomic E-state index is 3.94. The second kappa shape index (κ2) is 3.80. The lowest BCUT2D eigenvalue weighted by atomic mass is 10.3. The van der Waals surface area contributed by atoms with Crippen LogP contribution in [0, 0.1) is 6.20 Å². The van der Waals surface area contributed by atoms with Crippen LogP contribution in [0.25, 0.3) is 0 Å². The SMILES string of the molecule is CNc1[c]ncc(NC)c1NC. The molecule has 0 aliphatic rings. The van der Waals surface area contributed by atoms with E-state index >= 15 is 0 Å². The third kappa shape index (κ3) is 1.42. The Morgan fingerprint density at radius 1 is 1.17 bits per heavy atom. The summed E-state index contributed by atoms with van der Waals surface area (Å²) in [7, 11) is 5.57. The molecule has 0 unspecified atom stereocenters. The van der Waals surface area contributed by atoms with E-state index in [0.717, 1.165) is 17.1 Å². The molecule has 1 rings (SSSR count). The van der Waals surface area contributed by atoms with Gasteiger partial charge in [0.1, 0.15) is 6.20 Å². The molecule has 1 aromatic heterocycles. The highest BCUT2D eigenvalue weighted by Gasteiger charge is 2.04. The van der Waals surface area contributed by atoms with Crippen LogP contribution >= 0.6 is 0 Å². The first-order chi connectivity index (χ1) is 5.83. The van der Waals surface area contributed by atoms with Crippen LogP contribution in [-0.2, 0) is 0 Å². The molecule has 1 radical (unpaired) electrons. The van der Waals surface area contributed by atoms with E-state index in [2.05, 4.69) is 27.1 Å². The minimum atomic E-state index is 0.865. The minimum Gasteiger partial charge on any atom is -0.385 e. The molecule has 0 atom stereocenters. The first-order valence-electron chi connectivity index (χ1n) is 3.77. The molecule has 0 bridgehead atoms. The van der Waals surface area contributed by atoms with Crippen LogP contribution in [0.5, 0.6) is 0 Å². The average Bonchev–Trinajstić information content (AvgIpc) is 2.16. The Hall–Kier alpha value is -1.45. The fourth-order valence-corrected chi connectivity index (χ4v) is 1.05. The number of hydrogen-bond donors (Lipinski definition) is 3. The van der Waals surface area contributed by atoms with E-state index < -0.39 is 0 Å². The van der Waals surface area contributed by atoms with Crippen molar-refractivity contribution in [2.45, 2.75) is 0 Å². The lowest BCUT2D eigenvalue weighted by Gasteiger charge is -2.11. The molecule has 0 fully saturated rings. The maximum absolute atomic E-state index is 3.94. The third-order valence-electron chi connectivity index (χ3n) is 1.66. The van der Waals surface area contributed by atoms with E-state index in [0.29, 0.717) is 0 Å². The van der Waals surface area contributed by atoms with Gasteiger partial charge in [-0.05, 0) is 0 Å².